The maximum absolute atomic E-state index is 12.6. The molecule has 3 aromatic rings. The summed E-state index contributed by atoms with van der Waals surface area (Å²) >= 11 is 0. The normalized spacial score (nSPS) is 10.5. The highest BCUT2D eigenvalue weighted by molar-refractivity contribution is 5.99. The Kier molecular flexibility index (Phi) is 5.73. The van der Waals surface area contributed by atoms with E-state index in [0.717, 1.165) is 11.3 Å². The molecule has 1 aromatic heterocycles. The van der Waals surface area contributed by atoms with Crippen LogP contribution < -0.4 is 15.0 Å². The van der Waals surface area contributed by atoms with Crippen molar-refractivity contribution in [3.63, 3.8) is 0 Å². The average molecular weight is 367 g/mol. The molecule has 0 aliphatic carbocycles. The second kappa shape index (κ2) is 8.37. The number of hydroxylamine groups is 1. The third-order valence-corrected chi connectivity index (χ3v) is 3.95. The maximum atomic E-state index is 12.6. The van der Waals surface area contributed by atoms with Crippen LogP contribution in [-0.4, -0.2) is 36.5 Å². The van der Waals surface area contributed by atoms with Gasteiger partial charge in [-0.3, -0.25) is 9.63 Å². The Morgan fingerprint density at radius 3 is 2.48 bits per heavy atom. The number of carbonyl (C=O) groups is 1. The van der Waals surface area contributed by atoms with Crippen molar-refractivity contribution in [3.8, 4) is 28.4 Å². The van der Waals surface area contributed by atoms with E-state index in [1.165, 1.54) is 0 Å². The predicted molar refractivity (Wildman–Crippen MR) is 101 cm³/mol. The van der Waals surface area contributed by atoms with E-state index in [1.807, 2.05) is 36.4 Å². The van der Waals surface area contributed by atoms with E-state index in [1.54, 1.807) is 44.2 Å². The molecule has 0 saturated carbocycles. The summed E-state index contributed by atoms with van der Waals surface area (Å²) in [6.45, 7) is 2.16. The molecular weight excluding hydrogens is 346 g/mol. The highest BCUT2D eigenvalue weighted by Gasteiger charge is 2.20. The van der Waals surface area contributed by atoms with Crippen molar-refractivity contribution in [2.24, 2.45) is 0 Å². The molecule has 0 unspecified atom stereocenters. The molecule has 0 aliphatic heterocycles. The van der Waals surface area contributed by atoms with E-state index in [-0.39, 0.29) is 5.91 Å². The fourth-order valence-corrected chi connectivity index (χ4v) is 2.64. The Hall–Kier alpha value is -3.32. The monoisotopic (exact) mass is 367 g/mol. The van der Waals surface area contributed by atoms with Crippen LogP contribution in [0.2, 0.25) is 0 Å². The molecule has 7 heteroatoms. The van der Waals surface area contributed by atoms with Gasteiger partial charge in [-0.25, -0.2) is 10.2 Å². The number of amides is 1. The van der Waals surface area contributed by atoms with E-state index in [2.05, 4.69) is 10.6 Å². The number of ether oxygens (including phenoxy) is 2. The van der Waals surface area contributed by atoms with Crippen LogP contribution in [0.3, 0.4) is 0 Å². The van der Waals surface area contributed by atoms with E-state index in [9.17, 15) is 4.79 Å². The summed E-state index contributed by atoms with van der Waals surface area (Å²) in [4.78, 5) is 17.6. The lowest BCUT2D eigenvalue weighted by Crippen LogP contribution is -2.23. The van der Waals surface area contributed by atoms with Crippen molar-refractivity contribution < 1.29 is 19.1 Å². The molecule has 0 aliphatic rings. The largest absolute Gasteiger partial charge is 0.493 e. The first-order valence-electron chi connectivity index (χ1n) is 8.47. The molecule has 0 bridgehead atoms. The molecule has 0 radical (unpaired) electrons. The lowest BCUT2D eigenvalue weighted by atomic mass is 10.1. The number of hydrogen-bond acceptors (Lipinski definition) is 5. The molecular formula is C20H21N3O4. The molecule has 2 aromatic carbocycles. The fraction of sp³-hybridized carbons (Fsp3) is 0.200. The van der Waals surface area contributed by atoms with Crippen molar-refractivity contribution >= 4 is 5.91 Å². The molecule has 7 nitrogen and oxygen atoms in total. The molecule has 3 rings (SSSR count). The Balaban J connectivity index is 2.09. The second-order valence-corrected chi connectivity index (χ2v) is 5.61. The van der Waals surface area contributed by atoms with Crippen molar-refractivity contribution in [3.05, 3.63) is 60.3 Å². The van der Waals surface area contributed by atoms with Crippen molar-refractivity contribution in [1.29, 1.82) is 0 Å². The first kappa shape index (κ1) is 18.5. The number of methoxy groups -OCH3 is 2. The molecule has 0 spiro atoms. The Morgan fingerprint density at radius 2 is 1.81 bits per heavy atom. The van der Waals surface area contributed by atoms with E-state index in [0.29, 0.717) is 29.4 Å². The Morgan fingerprint density at radius 1 is 1.07 bits per heavy atom. The minimum absolute atomic E-state index is 0.365. The average Bonchev–Trinajstić information content (AvgIpc) is 3.17. The number of carbonyl (C=O) groups excluding carboxylic acids is 1. The van der Waals surface area contributed by atoms with E-state index >= 15 is 0 Å². The summed E-state index contributed by atoms with van der Waals surface area (Å²) < 4.78 is 12.3. The SMILES string of the molecule is CCONC(=O)c1cn(-c2ccccc2)nc1-c1ccc(OC)c(OC)c1. The first-order valence-corrected chi connectivity index (χ1v) is 8.47. The van der Waals surface area contributed by atoms with Gasteiger partial charge in [-0.1, -0.05) is 18.2 Å². The van der Waals surface area contributed by atoms with Gasteiger partial charge in [0, 0.05) is 11.8 Å². The molecule has 0 saturated heterocycles. The lowest BCUT2D eigenvalue weighted by molar-refractivity contribution is 0.0365. The number of para-hydroxylation sites is 1. The molecule has 1 amide bonds. The van der Waals surface area contributed by atoms with Crippen LogP contribution in [0.15, 0.2) is 54.7 Å². The molecule has 27 heavy (non-hydrogen) atoms. The van der Waals surface area contributed by atoms with Crippen LogP contribution in [0, 0.1) is 0 Å². The van der Waals surface area contributed by atoms with Gasteiger partial charge in [0.15, 0.2) is 11.5 Å². The van der Waals surface area contributed by atoms with Gasteiger partial charge in [0.25, 0.3) is 5.91 Å². The highest BCUT2D eigenvalue weighted by Crippen LogP contribution is 2.33. The highest BCUT2D eigenvalue weighted by atomic mass is 16.6. The van der Waals surface area contributed by atoms with Gasteiger partial charge in [0.2, 0.25) is 0 Å². The van der Waals surface area contributed by atoms with Crippen molar-refractivity contribution in [2.75, 3.05) is 20.8 Å². The number of rotatable bonds is 7. The minimum Gasteiger partial charge on any atom is -0.493 e. The van der Waals surface area contributed by atoms with Gasteiger partial charge in [0.05, 0.1) is 32.1 Å². The zero-order chi connectivity index (χ0) is 19.2. The lowest BCUT2D eigenvalue weighted by Gasteiger charge is -2.09. The van der Waals surface area contributed by atoms with Crippen LogP contribution in [-0.2, 0) is 4.84 Å². The summed E-state index contributed by atoms with van der Waals surface area (Å²) in [5, 5.41) is 4.61. The van der Waals surface area contributed by atoms with E-state index < -0.39 is 0 Å². The standard InChI is InChI=1S/C20H21N3O4/c1-4-27-22-20(24)16-13-23(15-8-6-5-7-9-15)21-19(16)14-10-11-17(25-2)18(12-14)26-3/h5-13H,4H2,1-3H3,(H,22,24). The summed E-state index contributed by atoms with van der Waals surface area (Å²) in [6, 6.07) is 15.0. The quantitative estimate of drug-likeness (QED) is 0.649. The number of nitrogens with zero attached hydrogens (tertiary/aromatic N) is 2. The van der Waals surface area contributed by atoms with Crippen LogP contribution in [0.25, 0.3) is 16.9 Å². The van der Waals surface area contributed by atoms with Crippen molar-refractivity contribution in [1.82, 2.24) is 15.3 Å². The van der Waals surface area contributed by atoms with Crippen LogP contribution in [0.1, 0.15) is 17.3 Å². The first-order chi connectivity index (χ1) is 13.2. The third-order valence-electron chi connectivity index (χ3n) is 3.95. The minimum atomic E-state index is -0.371. The molecule has 1 heterocycles. The van der Waals surface area contributed by atoms with Gasteiger partial charge >= 0.3 is 0 Å². The van der Waals surface area contributed by atoms with Gasteiger partial charge in [-0.05, 0) is 37.3 Å². The van der Waals surface area contributed by atoms with Crippen LogP contribution in [0.5, 0.6) is 11.5 Å². The number of nitrogens with one attached hydrogen (secondary N) is 1. The smallest absolute Gasteiger partial charge is 0.278 e. The Labute approximate surface area is 157 Å². The third kappa shape index (κ3) is 3.93. The topological polar surface area (TPSA) is 74.6 Å². The fourth-order valence-electron chi connectivity index (χ4n) is 2.64. The van der Waals surface area contributed by atoms with Gasteiger partial charge in [0.1, 0.15) is 5.69 Å². The predicted octanol–water partition coefficient (Wildman–Crippen LogP) is 3.24. The molecule has 1 N–H and O–H groups in total. The van der Waals surface area contributed by atoms with Gasteiger partial charge in [-0.2, -0.15) is 5.10 Å². The van der Waals surface area contributed by atoms with Crippen molar-refractivity contribution in [2.45, 2.75) is 6.92 Å². The van der Waals surface area contributed by atoms with E-state index in [4.69, 9.17) is 14.3 Å². The van der Waals surface area contributed by atoms with Crippen LogP contribution in [0.4, 0.5) is 0 Å². The summed E-state index contributed by atoms with van der Waals surface area (Å²) in [5.41, 5.74) is 4.89. The second-order valence-electron chi connectivity index (χ2n) is 5.61. The molecule has 0 fully saturated rings. The number of hydrogen-bond donors (Lipinski definition) is 1. The van der Waals surface area contributed by atoms with Gasteiger partial charge in [-0.15, -0.1) is 0 Å². The summed E-state index contributed by atoms with van der Waals surface area (Å²) in [7, 11) is 3.13. The zero-order valence-electron chi connectivity index (χ0n) is 15.4. The Bertz CT molecular complexity index is 922. The zero-order valence-corrected chi connectivity index (χ0v) is 15.4. The number of aromatic nitrogens is 2. The van der Waals surface area contributed by atoms with Gasteiger partial charge < -0.3 is 9.47 Å². The van der Waals surface area contributed by atoms with Crippen LogP contribution >= 0.6 is 0 Å². The molecule has 140 valence electrons. The summed E-state index contributed by atoms with van der Waals surface area (Å²) in [6.07, 6.45) is 1.68. The molecule has 0 atom stereocenters. The summed E-state index contributed by atoms with van der Waals surface area (Å²) in [5.74, 6) is 0.785. The number of benzene rings is 2. The maximum Gasteiger partial charge on any atom is 0.278 e.